The van der Waals surface area contributed by atoms with E-state index < -0.39 is 0 Å². The molecule has 0 fully saturated rings. The van der Waals surface area contributed by atoms with E-state index in [-0.39, 0.29) is 0 Å². The Morgan fingerprint density at radius 2 is 2.24 bits per heavy atom. The zero-order valence-corrected chi connectivity index (χ0v) is 11.4. The first-order valence-electron chi connectivity index (χ1n) is 5.94. The second-order valence-corrected chi connectivity index (χ2v) is 5.69. The summed E-state index contributed by atoms with van der Waals surface area (Å²) in [5.41, 5.74) is 8.36. The molecule has 2 N–H and O–H groups in total. The van der Waals surface area contributed by atoms with E-state index in [1.807, 2.05) is 7.05 Å². The molecule has 0 saturated carbocycles. The van der Waals surface area contributed by atoms with Crippen LogP contribution in [0.15, 0.2) is 17.5 Å². The van der Waals surface area contributed by atoms with E-state index in [2.05, 4.69) is 36.5 Å². The average Bonchev–Trinajstić information content (AvgIpc) is 2.86. The number of nitrogens with two attached hydrogens (primary N) is 1. The second-order valence-electron chi connectivity index (χ2n) is 4.74. The molecule has 0 bridgehead atoms. The fourth-order valence-electron chi connectivity index (χ4n) is 1.88. The van der Waals surface area contributed by atoms with Crippen molar-refractivity contribution < 1.29 is 0 Å². The van der Waals surface area contributed by atoms with Crippen LogP contribution >= 0.6 is 11.3 Å². The predicted molar refractivity (Wildman–Crippen MR) is 74.1 cm³/mol. The first-order chi connectivity index (χ1) is 8.09. The molecule has 2 aromatic heterocycles. The van der Waals surface area contributed by atoms with Crippen molar-refractivity contribution in [3.05, 3.63) is 23.2 Å². The Morgan fingerprint density at radius 3 is 2.82 bits per heavy atom. The van der Waals surface area contributed by atoms with Crippen molar-refractivity contribution in [1.82, 2.24) is 9.78 Å². The molecule has 92 valence electrons. The molecule has 17 heavy (non-hydrogen) atoms. The van der Waals surface area contributed by atoms with Crippen LogP contribution in [-0.4, -0.2) is 9.78 Å². The zero-order chi connectivity index (χ0) is 12.4. The van der Waals surface area contributed by atoms with Crippen LogP contribution in [0, 0.1) is 5.92 Å². The van der Waals surface area contributed by atoms with E-state index in [0.29, 0.717) is 5.92 Å². The number of nitrogens with zero attached hydrogens (tertiary/aromatic N) is 2. The molecule has 0 spiro atoms. The van der Waals surface area contributed by atoms with Gasteiger partial charge in [-0.1, -0.05) is 19.9 Å². The molecule has 0 aliphatic heterocycles. The molecule has 0 unspecified atom stereocenters. The van der Waals surface area contributed by atoms with Crippen molar-refractivity contribution in [2.75, 3.05) is 5.73 Å². The Morgan fingerprint density at radius 1 is 1.47 bits per heavy atom. The largest absolute Gasteiger partial charge is 0.383 e. The van der Waals surface area contributed by atoms with Gasteiger partial charge in [0.05, 0.1) is 11.3 Å². The van der Waals surface area contributed by atoms with Gasteiger partial charge in [-0.2, -0.15) is 5.10 Å². The number of aromatic nitrogens is 2. The second kappa shape index (κ2) is 4.92. The lowest BCUT2D eigenvalue weighted by Gasteiger charge is -2.04. The Hall–Kier alpha value is -1.29. The first kappa shape index (κ1) is 12.2. The molecule has 0 radical (unpaired) electrons. The zero-order valence-electron chi connectivity index (χ0n) is 10.6. The number of rotatable bonds is 4. The summed E-state index contributed by atoms with van der Waals surface area (Å²) in [6.45, 7) is 4.47. The standard InChI is InChI=1S/C13H19N3S/c1-9(2)6-7-10-12(11-5-4-8-17-11)13(14)16(3)15-10/h4-5,8-9H,6-7,14H2,1-3H3. The van der Waals surface area contributed by atoms with Crippen LogP contribution in [-0.2, 0) is 13.5 Å². The van der Waals surface area contributed by atoms with Crippen molar-refractivity contribution in [2.24, 2.45) is 13.0 Å². The number of aryl methyl sites for hydroxylation is 2. The monoisotopic (exact) mass is 249 g/mol. The summed E-state index contributed by atoms with van der Waals surface area (Å²) in [4.78, 5) is 1.22. The smallest absolute Gasteiger partial charge is 0.130 e. The normalized spacial score (nSPS) is 11.3. The summed E-state index contributed by atoms with van der Waals surface area (Å²) in [6.07, 6.45) is 2.14. The van der Waals surface area contributed by atoms with Crippen LogP contribution < -0.4 is 5.73 Å². The molecule has 2 rings (SSSR count). The lowest BCUT2D eigenvalue weighted by Crippen LogP contribution is -1.98. The van der Waals surface area contributed by atoms with Gasteiger partial charge in [0.15, 0.2) is 0 Å². The summed E-state index contributed by atoms with van der Waals surface area (Å²) in [6, 6.07) is 4.16. The van der Waals surface area contributed by atoms with Crippen LogP contribution in [0.25, 0.3) is 10.4 Å². The highest BCUT2D eigenvalue weighted by Gasteiger charge is 2.16. The fraction of sp³-hybridized carbons (Fsp3) is 0.462. The minimum Gasteiger partial charge on any atom is -0.383 e. The summed E-state index contributed by atoms with van der Waals surface area (Å²) >= 11 is 1.72. The maximum absolute atomic E-state index is 6.11. The molecule has 0 amide bonds. The maximum Gasteiger partial charge on any atom is 0.130 e. The van der Waals surface area contributed by atoms with E-state index in [4.69, 9.17) is 5.73 Å². The van der Waals surface area contributed by atoms with Gasteiger partial charge >= 0.3 is 0 Å². The van der Waals surface area contributed by atoms with Crippen molar-refractivity contribution in [2.45, 2.75) is 26.7 Å². The molecule has 0 aliphatic carbocycles. The van der Waals surface area contributed by atoms with Gasteiger partial charge in [0.2, 0.25) is 0 Å². The van der Waals surface area contributed by atoms with Crippen molar-refractivity contribution in [3.8, 4) is 10.4 Å². The van der Waals surface area contributed by atoms with Crippen LogP contribution in [0.4, 0.5) is 5.82 Å². The topological polar surface area (TPSA) is 43.8 Å². The molecular formula is C13H19N3S. The number of anilines is 1. The third kappa shape index (κ3) is 2.52. The molecule has 3 nitrogen and oxygen atoms in total. The number of nitrogen functional groups attached to an aromatic ring is 1. The van der Waals surface area contributed by atoms with E-state index in [9.17, 15) is 0 Å². The number of hydrogen-bond acceptors (Lipinski definition) is 3. The molecule has 0 atom stereocenters. The Bertz CT molecular complexity index is 483. The van der Waals surface area contributed by atoms with Gasteiger partial charge < -0.3 is 5.73 Å². The highest BCUT2D eigenvalue weighted by Crippen LogP contribution is 2.33. The van der Waals surface area contributed by atoms with Crippen LogP contribution in [0.1, 0.15) is 26.0 Å². The molecule has 0 aliphatic rings. The third-order valence-corrected chi connectivity index (χ3v) is 3.78. The molecule has 2 heterocycles. The molecule has 0 aromatic carbocycles. The van der Waals surface area contributed by atoms with Gasteiger partial charge in [0, 0.05) is 11.9 Å². The summed E-state index contributed by atoms with van der Waals surface area (Å²) in [5, 5.41) is 6.61. The fourth-order valence-corrected chi connectivity index (χ4v) is 2.69. The lowest BCUT2D eigenvalue weighted by atomic mass is 10.0. The molecular weight excluding hydrogens is 230 g/mol. The minimum atomic E-state index is 0.689. The quantitative estimate of drug-likeness (QED) is 0.903. The predicted octanol–water partition coefficient (Wildman–Crippen LogP) is 3.32. The van der Waals surface area contributed by atoms with Crippen molar-refractivity contribution >= 4 is 17.2 Å². The van der Waals surface area contributed by atoms with Crippen molar-refractivity contribution in [3.63, 3.8) is 0 Å². The van der Waals surface area contributed by atoms with E-state index in [1.54, 1.807) is 16.0 Å². The van der Waals surface area contributed by atoms with E-state index in [1.165, 1.54) is 4.88 Å². The van der Waals surface area contributed by atoms with Crippen LogP contribution in [0.3, 0.4) is 0 Å². The highest BCUT2D eigenvalue weighted by atomic mass is 32.1. The Labute approximate surface area is 106 Å². The van der Waals surface area contributed by atoms with Gasteiger partial charge in [0.1, 0.15) is 5.82 Å². The Balaban J connectivity index is 2.35. The third-order valence-electron chi connectivity index (χ3n) is 2.89. The van der Waals surface area contributed by atoms with Gasteiger partial charge in [-0.25, -0.2) is 0 Å². The summed E-state index contributed by atoms with van der Waals surface area (Å²) in [5.74, 6) is 1.46. The Kier molecular flexibility index (Phi) is 3.52. The molecule has 0 saturated heterocycles. The summed E-state index contributed by atoms with van der Waals surface area (Å²) < 4.78 is 1.78. The minimum absolute atomic E-state index is 0.689. The number of thiophene rings is 1. The highest BCUT2D eigenvalue weighted by molar-refractivity contribution is 7.13. The SMILES string of the molecule is CC(C)CCc1nn(C)c(N)c1-c1cccs1. The van der Waals surface area contributed by atoms with Gasteiger partial charge in [0.25, 0.3) is 0 Å². The average molecular weight is 249 g/mol. The first-order valence-corrected chi connectivity index (χ1v) is 6.82. The van der Waals surface area contributed by atoms with Gasteiger partial charge in [-0.3, -0.25) is 4.68 Å². The summed E-state index contributed by atoms with van der Waals surface area (Å²) in [7, 11) is 1.91. The van der Waals surface area contributed by atoms with Crippen LogP contribution in [0.5, 0.6) is 0 Å². The van der Waals surface area contributed by atoms with E-state index in [0.717, 1.165) is 29.9 Å². The van der Waals surface area contributed by atoms with E-state index >= 15 is 0 Å². The van der Waals surface area contributed by atoms with Crippen molar-refractivity contribution in [1.29, 1.82) is 0 Å². The van der Waals surface area contributed by atoms with Crippen LogP contribution in [0.2, 0.25) is 0 Å². The maximum atomic E-state index is 6.11. The molecule has 4 heteroatoms. The number of hydrogen-bond donors (Lipinski definition) is 1. The van der Waals surface area contributed by atoms with Gasteiger partial charge in [-0.15, -0.1) is 11.3 Å². The molecule has 2 aromatic rings. The van der Waals surface area contributed by atoms with Gasteiger partial charge in [-0.05, 0) is 30.2 Å². The lowest BCUT2D eigenvalue weighted by molar-refractivity contribution is 0.577.